The fraction of sp³-hybridized carbons (Fsp3) is 0.429. The molecule has 0 saturated carbocycles. The summed E-state index contributed by atoms with van der Waals surface area (Å²) in [5, 5.41) is 1.11. The van der Waals surface area contributed by atoms with Crippen LogP contribution in [0, 0.1) is 5.92 Å². The molecule has 92 valence electrons. The zero-order valence-electron chi connectivity index (χ0n) is 10.2. The number of para-hydroxylation sites is 1. The Hall–Kier alpha value is -0.800. The van der Waals surface area contributed by atoms with Crippen molar-refractivity contribution in [2.75, 3.05) is 0 Å². The van der Waals surface area contributed by atoms with Crippen molar-refractivity contribution in [3.8, 4) is 0 Å². The number of hydrogen-bond donors (Lipinski definition) is 1. The summed E-state index contributed by atoms with van der Waals surface area (Å²) in [4.78, 5) is 0. The highest BCUT2D eigenvalue weighted by atomic mass is 79.9. The molecule has 3 heteroatoms. The first-order valence-electron chi connectivity index (χ1n) is 6.10. The van der Waals surface area contributed by atoms with Crippen molar-refractivity contribution in [1.82, 2.24) is 0 Å². The minimum atomic E-state index is -0.00991. The van der Waals surface area contributed by atoms with Gasteiger partial charge in [-0.3, -0.25) is 0 Å². The Bertz CT molecular complexity index is 502. The molecular weight excluding hydrogens is 278 g/mol. The van der Waals surface area contributed by atoms with Crippen molar-refractivity contribution in [1.29, 1.82) is 0 Å². The van der Waals surface area contributed by atoms with Crippen molar-refractivity contribution in [2.45, 2.75) is 32.7 Å². The maximum Gasteiger partial charge on any atom is 0.148 e. The predicted octanol–water partition coefficient (Wildman–Crippen LogP) is 4.63. The van der Waals surface area contributed by atoms with Gasteiger partial charge < -0.3 is 10.2 Å². The zero-order valence-corrected chi connectivity index (χ0v) is 11.8. The molecule has 0 aliphatic heterocycles. The molecule has 0 spiro atoms. The van der Waals surface area contributed by atoms with Gasteiger partial charge in [-0.15, -0.1) is 0 Å². The molecule has 1 aromatic heterocycles. The molecule has 2 rings (SSSR count). The molecule has 2 nitrogen and oxygen atoms in total. The minimum Gasteiger partial charge on any atom is -0.458 e. The van der Waals surface area contributed by atoms with Crippen LogP contribution in [-0.4, -0.2) is 0 Å². The third kappa shape index (κ3) is 2.40. The Morgan fingerprint density at radius 3 is 2.59 bits per heavy atom. The lowest BCUT2D eigenvalue weighted by atomic mass is 9.93. The quantitative estimate of drug-likeness (QED) is 0.893. The largest absolute Gasteiger partial charge is 0.458 e. The molecular formula is C14H18BrNO. The number of rotatable bonds is 4. The van der Waals surface area contributed by atoms with E-state index in [1.54, 1.807) is 0 Å². The topological polar surface area (TPSA) is 39.2 Å². The summed E-state index contributed by atoms with van der Waals surface area (Å²) >= 11 is 3.50. The van der Waals surface area contributed by atoms with Gasteiger partial charge in [0, 0.05) is 5.39 Å². The van der Waals surface area contributed by atoms with Crippen LogP contribution in [0.3, 0.4) is 0 Å². The van der Waals surface area contributed by atoms with Crippen molar-refractivity contribution in [2.24, 2.45) is 11.7 Å². The smallest absolute Gasteiger partial charge is 0.148 e. The number of hydrogen-bond acceptors (Lipinski definition) is 2. The molecule has 0 bridgehead atoms. The van der Waals surface area contributed by atoms with Gasteiger partial charge in [0.1, 0.15) is 11.3 Å². The van der Waals surface area contributed by atoms with Gasteiger partial charge in [-0.25, -0.2) is 0 Å². The monoisotopic (exact) mass is 295 g/mol. The predicted molar refractivity (Wildman–Crippen MR) is 74.9 cm³/mol. The lowest BCUT2D eigenvalue weighted by Gasteiger charge is -2.18. The molecule has 1 unspecified atom stereocenters. The summed E-state index contributed by atoms with van der Waals surface area (Å²) in [6, 6.07) is 8.09. The van der Waals surface area contributed by atoms with E-state index in [2.05, 4.69) is 35.8 Å². The molecule has 2 N–H and O–H groups in total. The summed E-state index contributed by atoms with van der Waals surface area (Å²) in [6.45, 7) is 4.35. The third-order valence-corrected chi connectivity index (χ3v) is 4.02. The summed E-state index contributed by atoms with van der Waals surface area (Å²) in [6.07, 6.45) is 2.16. The molecule has 1 aromatic carbocycles. The van der Waals surface area contributed by atoms with E-state index in [1.807, 2.05) is 18.2 Å². The number of fused-ring (bicyclic) bond motifs is 1. The van der Waals surface area contributed by atoms with Crippen molar-refractivity contribution >= 4 is 26.9 Å². The van der Waals surface area contributed by atoms with E-state index in [-0.39, 0.29) is 6.04 Å². The molecule has 0 radical (unpaired) electrons. The standard InChI is InChI=1S/C14H18BrNO/c1-3-9(4-2)13(16)12-8-10-6-5-7-11(15)14(10)17-12/h5-9,13H,3-4,16H2,1-2H3. The normalized spacial score (nSPS) is 13.5. The van der Waals surface area contributed by atoms with Crippen LogP contribution >= 0.6 is 15.9 Å². The van der Waals surface area contributed by atoms with Crippen LogP contribution in [-0.2, 0) is 0 Å². The van der Waals surface area contributed by atoms with Crippen LogP contribution in [0.2, 0.25) is 0 Å². The summed E-state index contributed by atoms with van der Waals surface area (Å²) < 4.78 is 6.86. The lowest BCUT2D eigenvalue weighted by molar-refractivity contribution is 0.355. The lowest BCUT2D eigenvalue weighted by Crippen LogP contribution is -2.19. The Kier molecular flexibility index (Phi) is 3.89. The Morgan fingerprint density at radius 1 is 1.29 bits per heavy atom. The van der Waals surface area contributed by atoms with Crippen LogP contribution < -0.4 is 5.73 Å². The highest BCUT2D eigenvalue weighted by molar-refractivity contribution is 9.10. The Labute approximate surface area is 110 Å². The van der Waals surface area contributed by atoms with Crippen molar-refractivity contribution < 1.29 is 4.42 Å². The van der Waals surface area contributed by atoms with Crippen molar-refractivity contribution in [3.05, 3.63) is 34.5 Å². The maximum atomic E-state index is 6.27. The second kappa shape index (κ2) is 5.23. The second-order valence-corrected chi connectivity index (χ2v) is 5.26. The van der Waals surface area contributed by atoms with Crippen LogP contribution in [0.15, 0.2) is 33.2 Å². The molecule has 0 fully saturated rings. The van der Waals surface area contributed by atoms with Crippen LogP contribution in [0.4, 0.5) is 0 Å². The minimum absolute atomic E-state index is 0.00991. The van der Waals surface area contributed by atoms with E-state index >= 15 is 0 Å². The second-order valence-electron chi connectivity index (χ2n) is 4.41. The molecule has 17 heavy (non-hydrogen) atoms. The van der Waals surface area contributed by atoms with Gasteiger partial charge in [0.25, 0.3) is 0 Å². The number of nitrogens with two attached hydrogens (primary N) is 1. The molecule has 0 aliphatic rings. The molecule has 0 amide bonds. The first kappa shape index (κ1) is 12.7. The Balaban J connectivity index is 2.39. The van der Waals surface area contributed by atoms with E-state index in [4.69, 9.17) is 10.2 Å². The van der Waals surface area contributed by atoms with E-state index in [9.17, 15) is 0 Å². The summed E-state index contributed by atoms with van der Waals surface area (Å²) in [5.41, 5.74) is 7.16. The van der Waals surface area contributed by atoms with E-state index < -0.39 is 0 Å². The summed E-state index contributed by atoms with van der Waals surface area (Å²) in [7, 11) is 0. The van der Waals surface area contributed by atoms with Gasteiger partial charge in [-0.05, 0) is 34.0 Å². The van der Waals surface area contributed by atoms with Crippen LogP contribution in [0.1, 0.15) is 38.5 Å². The molecule has 1 atom stereocenters. The first-order valence-corrected chi connectivity index (χ1v) is 6.90. The zero-order chi connectivity index (χ0) is 12.4. The van der Waals surface area contributed by atoms with Gasteiger partial charge in [0.05, 0.1) is 10.5 Å². The van der Waals surface area contributed by atoms with Gasteiger partial charge >= 0.3 is 0 Å². The SMILES string of the molecule is CCC(CC)C(N)c1cc2cccc(Br)c2o1. The Morgan fingerprint density at radius 2 is 2.00 bits per heavy atom. The summed E-state index contributed by atoms with van der Waals surface area (Å²) in [5.74, 6) is 1.37. The highest BCUT2D eigenvalue weighted by Gasteiger charge is 2.20. The number of halogens is 1. The van der Waals surface area contributed by atoms with Crippen LogP contribution in [0.5, 0.6) is 0 Å². The molecule has 0 saturated heterocycles. The fourth-order valence-corrected chi connectivity index (χ4v) is 2.70. The van der Waals surface area contributed by atoms with E-state index in [0.717, 1.165) is 34.0 Å². The molecule has 0 aliphatic carbocycles. The number of furan rings is 1. The first-order chi connectivity index (χ1) is 8.17. The van der Waals surface area contributed by atoms with Gasteiger partial charge in [-0.2, -0.15) is 0 Å². The highest BCUT2D eigenvalue weighted by Crippen LogP contribution is 2.32. The van der Waals surface area contributed by atoms with E-state index in [0.29, 0.717) is 5.92 Å². The third-order valence-electron chi connectivity index (χ3n) is 3.40. The molecule has 1 heterocycles. The van der Waals surface area contributed by atoms with Gasteiger partial charge in [-0.1, -0.05) is 38.8 Å². The van der Waals surface area contributed by atoms with Crippen LogP contribution in [0.25, 0.3) is 11.0 Å². The fourth-order valence-electron chi connectivity index (χ4n) is 2.24. The average molecular weight is 296 g/mol. The van der Waals surface area contributed by atoms with Gasteiger partial charge in [0.15, 0.2) is 0 Å². The number of benzene rings is 1. The average Bonchev–Trinajstić information content (AvgIpc) is 2.76. The molecule has 2 aromatic rings. The van der Waals surface area contributed by atoms with E-state index in [1.165, 1.54) is 0 Å². The van der Waals surface area contributed by atoms with Crippen molar-refractivity contribution in [3.63, 3.8) is 0 Å². The maximum absolute atomic E-state index is 6.27. The van der Waals surface area contributed by atoms with Gasteiger partial charge in [0.2, 0.25) is 0 Å².